The van der Waals surface area contributed by atoms with E-state index in [1.54, 1.807) is 4.31 Å². The highest BCUT2D eigenvalue weighted by atomic mass is 32.2. The highest BCUT2D eigenvalue weighted by molar-refractivity contribution is 7.88. The van der Waals surface area contributed by atoms with Gasteiger partial charge in [0.25, 0.3) is 0 Å². The molecule has 2 fully saturated rings. The SMILES string of the molecule is CC(C)C1CCC2(CCN(S(C)(=O)=O)CC2)C1. The minimum Gasteiger partial charge on any atom is -0.213 e. The normalized spacial score (nSPS) is 30.2. The predicted molar refractivity (Wildman–Crippen MR) is 70.3 cm³/mol. The molecule has 0 N–H and O–H groups in total. The second-order valence-electron chi connectivity index (χ2n) is 6.41. The van der Waals surface area contributed by atoms with Crippen molar-refractivity contribution in [2.75, 3.05) is 19.3 Å². The fourth-order valence-electron chi connectivity index (χ4n) is 3.57. The van der Waals surface area contributed by atoms with Crippen LogP contribution in [0.3, 0.4) is 0 Å². The molecular formula is C13H25NO2S. The summed E-state index contributed by atoms with van der Waals surface area (Å²) in [5.74, 6) is 1.64. The smallest absolute Gasteiger partial charge is 0.211 e. The van der Waals surface area contributed by atoms with Crippen molar-refractivity contribution < 1.29 is 8.42 Å². The van der Waals surface area contributed by atoms with Crippen LogP contribution in [0.5, 0.6) is 0 Å². The minimum atomic E-state index is -2.97. The minimum absolute atomic E-state index is 0.468. The molecule has 0 aromatic heterocycles. The third-order valence-electron chi connectivity index (χ3n) is 4.94. The van der Waals surface area contributed by atoms with Gasteiger partial charge in [-0.05, 0) is 49.4 Å². The van der Waals surface area contributed by atoms with Gasteiger partial charge in [-0.15, -0.1) is 0 Å². The number of piperidine rings is 1. The van der Waals surface area contributed by atoms with Crippen molar-refractivity contribution in [2.24, 2.45) is 17.3 Å². The van der Waals surface area contributed by atoms with E-state index < -0.39 is 10.0 Å². The zero-order valence-corrected chi connectivity index (χ0v) is 12.1. The summed E-state index contributed by atoms with van der Waals surface area (Å²) in [6, 6.07) is 0. The Morgan fingerprint density at radius 1 is 1.18 bits per heavy atom. The van der Waals surface area contributed by atoms with E-state index in [2.05, 4.69) is 13.8 Å². The van der Waals surface area contributed by atoms with E-state index in [1.807, 2.05) is 0 Å². The molecule has 2 aliphatic rings. The molecule has 1 heterocycles. The maximum Gasteiger partial charge on any atom is 0.211 e. The first-order valence-electron chi connectivity index (χ1n) is 6.78. The van der Waals surface area contributed by atoms with E-state index in [9.17, 15) is 8.42 Å². The third kappa shape index (κ3) is 2.84. The van der Waals surface area contributed by atoms with Gasteiger partial charge in [0.15, 0.2) is 0 Å². The fourth-order valence-corrected chi connectivity index (χ4v) is 4.41. The second-order valence-corrected chi connectivity index (χ2v) is 8.39. The predicted octanol–water partition coefficient (Wildman–Crippen LogP) is 2.48. The Kier molecular flexibility index (Phi) is 3.56. The van der Waals surface area contributed by atoms with Gasteiger partial charge in [-0.2, -0.15) is 0 Å². The Hall–Kier alpha value is -0.0900. The molecule has 1 atom stereocenters. The molecule has 1 aliphatic carbocycles. The van der Waals surface area contributed by atoms with Crippen molar-refractivity contribution in [2.45, 2.75) is 46.0 Å². The molecule has 1 unspecified atom stereocenters. The fraction of sp³-hybridized carbons (Fsp3) is 1.00. The lowest BCUT2D eigenvalue weighted by atomic mass is 9.76. The van der Waals surface area contributed by atoms with Crippen LogP contribution in [-0.4, -0.2) is 32.1 Å². The number of hydrogen-bond acceptors (Lipinski definition) is 2. The Morgan fingerprint density at radius 2 is 1.76 bits per heavy atom. The lowest BCUT2D eigenvalue weighted by Crippen LogP contribution is -2.41. The summed E-state index contributed by atoms with van der Waals surface area (Å²) in [5, 5.41) is 0. The van der Waals surface area contributed by atoms with Crippen molar-refractivity contribution in [1.29, 1.82) is 0 Å². The van der Waals surface area contributed by atoms with Gasteiger partial charge < -0.3 is 0 Å². The van der Waals surface area contributed by atoms with Crippen LogP contribution in [0.2, 0.25) is 0 Å². The van der Waals surface area contributed by atoms with Crippen LogP contribution in [0.4, 0.5) is 0 Å². The average Bonchev–Trinajstić information content (AvgIpc) is 2.62. The van der Waals surface area contributed by atoms with Gasteiger partial charge in [0.1, 0.15) is 0 Å². The molecule has 0 bridgehead atoms. The summed E-state index contributed by atoms with van der Waals surface area (Å²) >= 11 is 0. The van der Waals surface area contributed by atoms with Gasteiger partial charge >= 0.3 is 0 Å². The van der Waals surface area contributed by atoms with Crippen LogP contribution in [0.25, 0.3) is 0 Å². The monoisotopic (exact) mass is 259 g/mol. The van der Waals surface area contributed by atoms with Crippen molar-refractivity contribution in [3.05, 3.63) is 0 Å². The third-order valence-corrected chi connectivity index (χ3v) is 6.24. The summed E-state index contributed by atoms with van der Waals surface area (Å²) in [7, 11) is -2.97. The van der Waals surface area contributed by atoms with Crippen molar-refractivity contribution in [3.8, 4) is 0 Å². The summed E-state index contributed by atoms with van der Waals surface area (Å²) in [6.07, 6.45) is 7.45. The van der Waals surface area contributed by atoms with E-state index in [0.717, 1.165) is 37.8 Å². The average molecular weight is 259 g/mol. The molecule has 4 heteroatoms. The molecule has 1 saturated carbocycles. The van der Waals surface area contributed by atoms with Crippen LogP contribution in [0, 0.1) is 17.3 Å². The molecule has 0 radical (unpaired) electrons. The topological polar surface area (TPSA) is 37.4 Å². The van der Waals surface area contributed by atoms with Gasteiger partial charge in [-0.1, -0.05) is 13.8 Å². The molecule has 3 nitrogen and oxygen atoms in total. The highest BCUT2D eigenvalue weighted by Gasteiger charge is 2.43. The number of nitrogens with zero attached hydrogens (tertiary/aromatic N) is 1. The maximum atomic E-state index is 11.5. The molecule has 17 heavy (non-hydrogen) atoms. The highest BCUT2D eigenvalue weighted by Crippen LogP contribution is 2.50. The zero-order valence-electron chi connectivity index (χ0n) is 11.3. The quantitative estimate of drug-likeness (QED) is 0.764. The molecule has 0 aromatic rings. The summed E-state index contributed by atoms with van der Waals surface area (Å²) < 4.78 is 24.6. The number of hydrogen-bond donors (Lipinski definition) is 0. The summed E-state index contributed by atoms with van der Waals surface area (Å²) in [6.45, 7) is 6.11. The first-order valence-corrected chi connectivity index (χ1v) is 8.62. The van der Waals surface area contributed by atoms with E-state index in [1.165, 1.54) is 25.5 Å². The molecule has 100 valence electrons. The zero-order chi connectivity index (χ0) is 12.7. The number of sulfonamides is 1. The Balaban J connectivity index is 1.96. The summed E-state index contributed by atoms with van der Waals surface area (Å²) in [4.78, 5) is 0. The largest absolute Gasteiger partial charge is 0.213 e. The van der Waals surface area contributed by atoms with Gasteiger partial charge in [0.2, 0.25) is 10.0 Å². The molecule has 0 amide bonds. The van der Waals surface area contributed by atoms with Crippen LogP contribution < -0.4 is 0 Å². The van der Waals surface area contributed by atoms with Crippen molar-refractivity contribution in [3.63, 3.8) is 0 Å². The lowest BCUT2D eigenvalue weighted by molar-refractivity contribution is 0.150. The first-order chi connectivity index (χ1) is 7.82. The van der Waals surface area contributed by atoms with E-state index in [0.29, 0.717) is 5.41 Å². The van der Waals surface area contributed by atoms with Crippen LogP contribution in [0.1, 0.15) is 46.0 Å². The van der Waals surface area contributed by atoms with Gasteiger partial charge in [-0.25, -0.2) is 12.7 Å². The maximum absolute atomic E-state index is 11.5. The molecule has 2 rings (SSSR count). The molecule has 1 aliphatic heterocycles. The van der Waals surface area contributed by atoms with Crippen LogP contribution >= 0.6 is 0 Å². The van der Waals surface area contributed by atoms with Crippen LogP contribution in [-0.2, 0) is 10.0 Å². The van der Waals surface area contributed by atoms with Crippen LogP contribution in [0.15, 0.2) is 0 Å². The molecule has 0 aromatic carbocycles. The first kappa shape index (κ1) is 13.3. The Morgan fingerprint density at radius 3 is 2.18 bits per heavy atom. The number of rotatable bonds is 2. The lowest BCUT2D eigenvalue weighted by Gasteiger charge is -2.38. The molecule has 1 spiro atoms. The Bertz CT molecular complexity index is 367. The van der Waals surface area contributed by atoms with Gasteiger partial charge in [0.05, 0.1) is 6.26 Å². The summed E-state index contributed by atoms with van der Waals surface area (Å²) in [5.41, 5.74) is 0.468. The Labute approximate surface area is 106 Å². The van der Waals surface area contributed by atoms with Gasteiger partial charge in [-0.3, -0.25) is 0 Å². The molecular weight excluding hydrogens is 234 g/mol. The van der Waals surface area contributed by atoms with E-state index in [4.69, 9.17) is 0 Å². The molecule has 1 saturated heterocycles. The van der Waals surface area contributed by atoms with E-state index in [-0.39, 0.29) is 0 Å². The van der Waals surface area contributed by atoms with Crippen molar-refractivity contribution in [1.82, 2.24) is 4.31 Å². The van der Waals surface area contributed by atoms with Gasteiger partial charge in [0, 0.05) is 13.1 Å². The second kappa shape index (κ2) is 4.54. The standard InChI is InChI=1S/C13H25NO2S/c1-11(2)12-4-5-13(10-12)6-8-14(9-7-13)17(3,15)16/h11-12H,4-10H2,1-3H3. The van der Waals surface area contributed by atoms with E-state index >= 15 is 0 Å². The van der Waals surface area contributed by atoms with Crippen molar-refractivity contribution >= 4 is 10.0 Å².